The molecule has 0 radical (unpaired) electrons. The quantitative estimate of drug-likeness (QED) is 0.922. The second kappa shape index (κ2) is 7.57. The minimum atomic E-state index is 0.228. The van der Waals surface area contributed by atoms with Crippen molar-refractivity contribution < 1.29 is 9.84 Å². The Hall–Kier alpha value is -1.91. The molecule has 2 heterocycles. The van der Waals surface area contributed by atoms with Gasteiger partial charge in [0.25, 0.3) is 0 Å². The first-order valence-corrected chi connectivity index (χ1v) is 8.16. The molecular formula is C19H24N2O2. The molecule has 3 rings (SSSR count). The van der Waals surface area contributed by atoms with Gasteiger partial charge in [-0.15, -0.1) is 0 Å². The number of ether oxygens (including phenoxy) is 1. The Labute approximate surface area is 137 Å². The molecule has 0 bridgehead atoms. The van der Waals surface area contributed by atoms with Crippen LogP contribution in [0, 0.1) is 5.92 Å². The molecule has 1 aliphatic heterocycles. The summed E-state index contributed by atoms with van der Waals surface area (Å²) in [4.78, 5) is 7.02. The molecular weight excluding hydrogens is 288 g/mol. The molecule has 0 spiro atoms. The SMILES string of the molecule is COc1cccc([C@H]2C[C@H](CO)CN(Cc3ccccc3)C2)n1. The molecule has 2 atom stereocenters. The average Bonchev–Trinajstić information content (AvgIpc) is 2.62. The number of aliphatic hydroxyl groups is 1. The van der Waals surface area contributed by atoms with Crippen LogP contribution in [-0.2, 0) is 6.54 Å². The van der Waals surface area contributed by atoms with Crippen LogP contribution in [0.1, 0.15) is 23.6 Å². The van der Waals surface area contributed by atoms with Gasteiger partial charge in [-0.3, -0.25) is 4.90 Å². The Morgan fingerprint density at radius 3 is 2.70 bits per heavy atom. The van der Waals surface area contributed by atoms with Crippen molar-refractivity contribution in [3.05, 3.63) is 59.8 Å². The lowest BCUT2D eigenvalue weighted by molar-refractivity contribution is 0.101. The fourth-order valence-electron chi connectivity index (χ4n) is 3.39. The molecule has 0 saturated carbocycles. The van der Waals surface area contributed by atoms with Gasteiger partial charge in [-0.25, -0.2) is 4.98 Å². The minimum Gasteiger partial charge on any atom is -0.481 e. The van der Waals surface area contributed by atoms with E-state index in [0.717, 1.165) is 31.7 Å². The highest BCUT2D eigenvalue weighted by Gasteiger charge is 2.28. The summed E-state index contributed by atoms with van der Waals surface area (Å²) in [6.45, 7) is 3.04. The van der Waals surface area contributed by atoms with Crippen LogP contribution in [0.25, 0.3) is 0 Å². The Morgan fingerprint density at radius 1 is 1.13 bits per heavy atom. The van der Waals surface area contributed by atoms with Crippen LogP contribution in [0.3, 0.4) is 0 Å². The summed E-state index contributed by atoms with van der Waals surface area (Å²) in [5, 5.41) is 9.67. The lowest BCUT2D eigenvalue weighted by atomic mass is 9.87. The number of aliphatic hydroxyl groups excluding tert-OH is 1. The van der Waals surface area contributed by atoms with Gasteiger partial charge in [0, 0.05) is 43.9 Å². The number of rotatable bonds is 5. The van der Waals surface area contributed by atoms with E-state index in [4.69, 9.17) is 4.74 Å². The molecule has 1 N–H and O–H groups in total. The van der Waals surface area contributed by atoms with Crippen molar-refractivity contribution in [1.29, 1.82) is 0 Å². The molecule has 4 nitrogen and oxygen atoms in total. The van der Waals surface area contributed by atoms with Crippen molar-refractivity contribution in [2.45, 2.75) is 18.9 Å². The maximum absolute atomic E-state index is 9.67. The highest BCUT2D eigenvalue weighted by molar-refractivity contribution is 5.20. The number of aromatic nitrogens is 1. The topological polar surface area (TPSA) is 45.6 Å². The van der Waals surface area contributed by atoms with Gasteiger partial charge in [-0.2, -0.15) is 0 Å². The van der Waals surface area contributed by atoms with Gasteiger partial charge in [0.1, 0.15) is 0 Å². The second-order valence-electron chi connectivity index (χ2n) is 6.27. The lowest BCUT2D eigenvalue weighted by Crippen LogP contribution is -2.40. The van der Waals surface area contributed by atoms with Gasteiger partial charge >= 0.3 is 0 Å². The van der Waals surface area contributed by atoms with E-state index in [2.05, 4.69) is 40.2 Å². The number of hydrogen-bond donors (Lipinski definition) is 1. The first-order valence-electron chi connectivity index (χ1n) is 8.16. The van der Waals surface area contributed by atoms with E-state index in [0.29, 0.717) is 17.7 Å². The summed E-state index contributed by atoms with van der Waals surface area (Å²) in [5.41, 5.74) is 2.36. The third kappa shape index (κ3) is 4.09. The average molecular weight is 312 g/mol. The van der Waals surface area contributed by atoms with Crippen molar-refractivity contribution in [1.82, 2.24) is 9.88 Å². The molecule has 0 amide bonds. The van der Waals surface area contributed by atoms with Crippen LogP contribution < -0.4 is 4.74 Å². The summed E-state index contributed by atoms with van der Waals surface area (Å²) in [6.07, 6.45) is 0.974. The van der Waals surface area contributed by atoms with E-state index >= 15 is 0 Å². The zero-order chi connectivity index (χ0) is 16.1. The molecule has 4 heteroatoms. The maximum atomic E-state index is 9.67. The van der Waals surface area contributed by atoms with Crippen molar-refractivity contribution in [2.24, 2.45) is 5.92 Å². The van der Waals surface area contributed by atoms with E-state index < -0.39 is 0 Å². The minimum absolute atomic E-state index is 0.228. The maximum Gasteiger partial charge on any atom is 0.213 e. The van der Waals surface area contributed by atoms with Crippen molar-refractivity contribution in [3.63, 3.8) is 0 Å². The molecule has 122 valence electrons. The van der Waals surface area contributed by atoms with E-state index in [9.17, 15) is 5.11 Å². The van der Waals surface area contributed by atoms with Crippen LogP contribution in [0.15, 0.2) is 48.5 Å². The Bertz CT molecular complexity index is 618. The van der Waals surface area contributed by atoms with E-state index in [1.165, 1.54) is 5.56 Å². The van der Waals surface area contributed by atoms with E-state index in [-0.39, 0.29) is 6.61 Å². The smallest absolute Gasteiger partial charge is 0.213 e. The number of benzene rings is 1. The Kier molecular flexibility index (Phi) is 5.26. The monoisotopic (exact) mass is 312 g/mol. The van der Waals surface area contributed by atoms with E-state index in [1.807, 2.05) is 18.2 Å². The zero-order valence-corrected chi connectivity index (χ0v) is 13.6. The number of pyridine rings is 1. The third-order valence-corrected chi connectivity index (χ3v) is 4.49. The molecule has 0 aliphatic carbocycles. The van der Waals surface area contributed by atoms with Gasteiger partial charge in [0.2, 0.25) is 5.88 Å². The van der Waals surface area contributed by atoms with Crippen LogP contribution in [0.4, 0.5) is 0 Å². The zero-order valence-electron chi connectivity index (χ0n) is 13.6. The summed E-state index contributed by atoms with van der Waals surface area (Å²) in [5.74, 6) is 1.29. The Morgan fingerprint density at radius 2 is 1.96 bits per heavy atom. The number of likely N-dealkylation sites (tertiary alicyclic amines) is 1. The van der Waals surface area contributed by atoms with Gasteiger partial charge < -0.3 is 9.84 Å². The number of nitrogens with zero attached hydrogens (tertiary/aromatic N) is 2. The third-order valence-electron chi connectivity index (χ3n) is 4.49. The van der Waals surface area contributed by atoms with Crippen LogP contribution in [0.5, 0.6) is 5.88 Å². The standard InChI is InChI=1S/C19H24N2O2/c1-23-19-9-5-8-18(20-19)17-10-16(14-22)12-21(13-17)11-15-6-3-2-4-7-15/h2-9,16-17,22H,10-14H2,1H3/t16-,17-/m0/s1. The van der Waals surface area contributed by atoms with Crippen LogP contribution in [0.2, 0.25) is 0 Å². The molecule has 1 fully saturated rings. The van der Waals surface area contributed by atoms with E-state index in [1.54, 1.807) is 7.11 Å². The van der Waals surface area contributed by atoms with Crippen molar-refractivity contribution in [3.8, 4) is 5.88 Å². The number of hydrogen-bond acceptors (Lipinski definition) is 4. The van der Waals surface area contributed by atoms with Crippen molar-refractivity contribution >= 4 is 0 Å². The molecule has 1 aliphatic rings. The second-order valence-corrected chi connectivity index (χ2v) is 6.27. The molecule has 1 aromatic heterocycles. The first kappa shape index (κ1) is 16.0. The summed E-state index contributed by atoms with van der Waals surface area (Å²) in [6, 6.07) is 16.4. The summed E-state index contributed by atoms with van der Waals surface area (Å²) >= 11 is 0. The number of methoxy groups -OCH3 is 1. The molecule has 23 heavy (non-hydrogen) atoms. The van der Waals surface area contributed by atoms with Crippen molar-refractivity contribution in [2.75, 3.05) is 26.8 Å². The van der Waals surface area contributed by atoms with Crippen LogP contribution >= 0.6 is 0 Å². The molecule has 0 unspecified atom stereocenters. The summed E-state index contributed by atoms with van der Waals surface area (Å²) < 4.78 is 5.25. The van der Waals surface area contributed by atoms with Gasteiger partial charge in [0.05, 0.1) is 7.11 Å². The molecule has 2 aromatic rings. The molecule has 1 aromatic carbocycles. The fourth-order valence-corrected chi connectivity index (χ4v) is 3.39. The predicted molar refractivity (Wildman–Crippen MR) is 90.4 cm³/mol. The lowest BCUT2D eigenvalue weighted by Gasteiger charge is -2.37. The highest BCUT2D eigenvalue weighted by Crippen LogP contribution is 2.30. The highest BCUT2D eigenvalue weighted by atomic mass is 16.5. The fraction of sp³-hybridized carbons (Fsp3) is 0.421. The van der Waals surface area contributed by atoms with Gasteiger partial charge in [-0.05, 0) is 24.0 Å². The van der Waals surface area contributed by atoms with Crippen LogP contribution in [-0.4, -0.2) is 41.8 Å². The Balaban J connectivity index is 1.75. The predicted octanol–water partition coefficient (Wildman–Crippen LogP) is 2.69. The summed E-state index contributed by atoms with van der Waals surface area (Å²) in [7, 11) is 1.64. The largest absolute Gasteiger partial charge is 0.481 e. The number of piperidine rings is 1. The van der Waals surface area contributed by atoms with Gasteiger partial charge in [0.15, 0.2) is 0 Å². The molecule has 1 saturated heterocycles. The van der Waals surface area contributed by atoms with Gasteiger partial charge in [-0.1, -0.05) is 36.4 Å². The first-order chi connectivity index (χ1) is 11.3. The normalized spacial score (nSPS) is 22.0.